The van der Waals surface area contributed by atoms with Crippen molar-refractivity contribution in [1.82, 2.24) is 0 Å². The summed E-state index contributed by atoms with van der Waals surface area (Å²) in [6.07, 6.45) is 16.1. The summed E-state index contributed by atoms with van der Waals surface area (Å²) in [5.41, 5.74) is 1.45. The zero-order valence-corrected chi connectivity index (χ0v) is 10.8. The van der Waals surface area contributed by atoms with Gasteiger partial charge in [0, 0.05) is 0 Å². The van der Waals surface area contributed by atoms with Gasteiger partial charge < -0.3 is 0 Å². The molecule has 0 aromatic carbocycles. The molecule has 86 valence electrons. The smallest absolute Gasteiger partial charge is 0.0101 e. The third-order valence-electron chi connectivity index (χ3n) is 2.09. The third kappa shape index (κ3) is 9.52. The summed E-state index contributed by atoms with van der Waals surface area (Å²) in [7, 11) is 0. The van der Waals surface area contributed by atoms with Crippen molar-refractivity contribution in [2.24, 2.45) is 5.92 Å². The van der Waals surface area contributed by atoms with Gasteiger partial charge in [-0.25, -0.2) is 0 Å². The van der Waals surface area contributed by atoms with Gasteiger partial charge in [0.1, 0.15) is 0 Å². The van der Waals surface area contributed by atoms with Gasteiger partial charge in [0.2, 0.25) is 0 Å². The van der Waals surface area contributed by atoms with Crippen LogP contribution in [0, 0.1) is 5.92 Å². The van der Waals surface area contributed by atoms with Gasteiger partial charge in [-0.3, -0.25) is 0 Å². The van der Waals surface area contributed by atoms with Crippen molar-refractivity contribution in [3.05, 3.63) is 36.0 Å². The molecule has 0 saturated heterocycles. The van der Waals surface area contributed by atoms with Gasteiger partial charge in [-0.15, -0.1) is 0 Å². The zero-order chi connectivity index (χ0) is 11.5. The molecule has 0 amide bonds. The van der Waals surface area contributed by atoms with E-state index in [4.69, 9.17) is 0 Å². The Morgan fingerprint density at radius 2 is 1.80 bits per heavy atom. The van der Waals surface area contributed by atoms with Gasteiger partial charge in [0.05, 0.1) is 0 Å². The van der Waals surface area contributed by atoms with E-state index in [1.165, 1.54) is 18.4 Å². The van der Waals surface area contributed by atoms with E-state index in [-0.39, 0.29) is 0 Å². The Balaban J connectivity index is 4.25. The molecule has 0 atom stereocenters. The second kappa shape index (κ2) is 9.76. The number of hydrogen-bond donors (Lipinski definition) is 0. The molecule has 0 radical (unpaired) electrons. The molecule has 15 heavy (non-hydrogen) atoms. The molecule has 0 aliphatic carbocycles. The van der Waals surface area contributed by atoms with Crippen molar-refractivity contribution in [3.63, 3.8) is 0 Å². The first-order chi connectivity index (χ1) is 7.20. The summed E-state index contributed by atoms with van der Waals surface area (Å²) in [6, 6.07) is 0. The molecular formula is C15H26. The van der Waals surface area contributed by atoms with E-state index in [1.54, 1.807) is 0 Å². The van der Waals surface area contributed by atoms with Crippen LogP contribution in [0.3, 0.4) is 0 Å². The quantitative estimate of drug-likeness (QED) is 0.392. The normalized spacial score (nSPS) is 13.5. The summed E-state index contributed by atoms with van der Waals surface area (Å²) in [5, 5.41) is 0. The van der Waals surface area contributed by atoms with Crippen LogP contribution >= 0.6 is 0 Å². The lowest BCUT2D eigenvalue weighted by molar-refractivity contribution is 0.821. The summed E-state index contributed by atoms with van der Waals surface area (Å²) in [6.45, 7) is 8.86. The molecule has 0 unspecified atom stereocenters. The van der Waals surface area contributed by atoms with E-state index in [0.29, 0.717) is 5.92 Å². The fraction of sp³-hybridized carbons (Fsp3) is 0.600. The van der Waals surface area contributed by atoms with Crippen molar-refractivity contribution >= 4 is 0 Å². The third-order valence-corrected chi connectivity index (χ3v) is 2.09. The first-order valence-corrected chi connectivity index (χ1v) is 6.22. The minimum Gasteiger partial charge on any atom is -0.0885 e. The second-order valence-corrected chi connectivity index (χ2v) is 4.26. The van der Waals surface area contributed by atoms with Gasteiger partial charge >= 0.3 is 0 Å². The zero-order valence-electron chi connectivity index (χ0n) is 10.8. The number of hydrogen-bond acceptors (Lipinski definition) is 0. The highest BCUT2D eigenvalue weighted by molar-refractivity contribution is 5.22. The average molecular weight is 206 g/mol. The number of rotatable bonds is 7. The Labute approximate surface area is 95.8 Å². The maximum Gasteiger partial charge on any atom is -0.0101 e. The molecule has 0 heterocycles. The van der Waals surface area contributed by atoms with Crippen LogP contribution < -0.4 is 0 Å². The summed E-state index contributed by atoms with van der Waals surface area (Å²) < 4.78 is 0. The van der Waals surface area contributed by atoms with Crippen molar-refractivity contribution in [1.29, 1.82) is 0 Å². The molecule has 0 aliphatic rings. The standard InChI is InChI=1S/C15H26/c1-5-7-9-11-15(13-14(3)4)12-10-8-6-2/h7,9-10,12-14H,5-6,8,11H2,1-4H3. The van der Waals surface area contributed by atoms with Gasteiger partial charge in [-0.05, 0) is 30.8 Å². The van der Waals surface area contributed by atoms with Crippen LogP contribution in [0.2, 0.25) is 0 Å². The molecule has 0 spiro atoms. The summed E-state index contributed by atoms with van der Waals surface area (Å²) in [5.74, 6) is 0.640. The lowest BCUT2D eigenvalue weighted by Crippen LogP contribution is -1.84. The first-order valence-electron chi connectivity index (χ1n) is 6.22. The van der Waals surface area contributed by atoms with Crippen molar-refractivity contribution in [3.8, 4) is 0 Å². The van der Waals surface area contributed by atoms with Crippen molar-refractivity contribution in [2.45, 2.75) is 53.4 Å². The molecule has 0 nitrogen and oxygen atoms in total. The molecule has 0 aromatic rings. The minimum absolute atomic E-state index is 0.640. The highest BCUT2D eigenvalue weighted by Gasteiger charge is 1.92. The predicted molar refractivity (Wildman–Crippen MR) is 71.0 cm³/mol. The fourth-order valence-electron chi connectivity index (χ4n) is 1.41. The molecule has 0 aliphatic heterocycles. The molecule has 0 saturated carbocycles. The van der Waals surface area contributed by atoms with Crippen LogP contribution in [0.15, 0.2) is 36.0 Å². The maximum atomic E-state index is 2.35. The summed E-state index contributed by atoms with van der Waals surface area (Å²) in [4.78, 5) is 0. The largest absolute Gasteiger partial charge is 0.0885 e. The van der Waals surface area contributed by atoms with Crippen LogP contribution in [0.1, 0.15) is 53.4 Å². The van der Waals surface area contributed by atoms with Crippen LogP contribution in [0.4, 0.5) is 0 Å². The molecule has 0 bridgehead atoms. The minimum atomic E-state index is 0.640. The molecule has 0 fully saturated rings. The van der Waals surface area contributed by atoms with Crippen LogP contribution in [0.5, 0.6) is 0 Å². The van der Waals surface area contributed by atoms with E-state index < -0.39 is 0 Å². The Bertz CT molecular complexity index is 216. The summed E-state index contributed by atoms with van der Waals surface area (Å²) >= 11 is 0. The van der Waals surface area contributed by atoms with Crippen LogP contribution in [-0.2, 0) is 0 Å². The van der Waals surface area contributed by atoms with E-state index in [9.17, 15) is 0 Å². The van der Waals surface area contributed by atoms with Crippen molar-refractivity contribution in [2.75, 3.05) is 0 Å². The highest BCUT2D eigenvalue weighted by Crippen LogP contribution is 2.10. The molecular weight excluding hydrogens is 180 g/mol. The molecule has 0 N–H and O–H groups in total. The van der Waals surface area contributed by atoms with Gasteiger partial charge in [0.15, 0.2) is 0 Å². The van der Waals surface area contributed by atoms with E-state index in [0.717, 1.165) is 12.8 Å². The average Bonchev–Trinajstić information content (AvgIpc) is 2.17. The topological polar surface area (TPSA) is 0 Å². The molecule has 0 heteroatoms. The van der Waals surface area contributed by atoms with Crippen molar-refractivity contribution < 1.29 is 0 Å². The van der Waals surface area contributed by atoms with Gasteiger partial charge in [-0.2, -0.15) is 0 Å². The maximum absolute atomic E-state index is 2.35. The SMILES string of the molecule is CCC=CCC(C=CCCC)=CC(C)C. The Morgan fingerprint density at radius 3 is 2.33 bits per heavy atom. The van der Waals surface area contributed by atoms with Gasteiger partial charge in [-0.1, -0.05) is 64.5 Å². The van der Waals surface area contributed by atoms with Crippen LogP contribution in [-0.4, -0.2) is 0 Å². The Kier molecular flexibility index (Phi) is 9.26. The lowest BCUT2D eigenvalue weighted by atomic mass is 10.1. The monoisotopic (exact) mass is 206 g/mol. The van der Waals surface area contributed by atoms with E-state index >= 15 is 0 Å². The first kappa shape index (κ1) is 14.2. The number of allylic oxidation sites excluding steroid dienone is 6. The fourth-order valence-corrected chi connectivity index (χ4v) is 1.41. The number of unbranched alkanes of at least 4 members (excludes halogenated alkanes) is 1. The Morgan fingerprint density at radius 1 is 1.07 bits per heavy atom. The van der Waals surface area contributed by atoms with E-state index in [2.05, 4.69) is 58.1 Å². The lowest BCUT2D eigenvalue weighted by Gasteiger charge is -2.01. The van der Waals surface area contributed by atoms with Crippen LogP contribution in [0.25, 0.3) is 0 Å². The highest BCUT2D eigenvalue weighted by atomic mass is 14.0. The van der Waals surface area contributed by atoms with E-state index in [1.807, 2.05) is 0 Å². The Hall–Kier alpha value is -0.780. The van der Waals surface area contributed by atoms with Gasteiger partial charge in [0.25, 0.3) is 0 Å². The molecule has 0 aromatic heterocycles. The second-order valence-electron chi connectivity index (χ2n) is 4.26. The molecule has 0 rings (SSSR count). The predicted octanol–water partition coefficient (Wildman–Crippen LogP) is 5.28.